The van der Waals surface area contributed by atoms with Crippen molar-refractivity contribution in [3.63, 3.8) is 0 Å². The minimum Gasteiger partial charge on any atom is -0.313 e. The fourth-order valence-electron chi connectivity index (χ4n) is 3.24. The van der Waals surface area contributed by atoms with E-state index in [1.54, 1.807) is 24.3 Å². The van der Waals surface area contributed by atoms with E-state index in [1.165, 1.54) is 23.0 Å². The second-order valence-electron chi connectivity index (χ2n) is 6.60. The van der Waals surface area contributed by atoms with E-state index in [-0.39, 0.29) is 5.69 Å². The zero-order chi connectivity index (χ0) is 20.9. The van der Waals surface area contributed by atoms with Gasteiger partial charge in [-0.05, 0) is 22.8 Å². The highest BCUT2D eigenvalue weighted by molar-refractivity contribution is 7.07. The van der Waals surface area contributed by atoms with Crippen LogP contribution in [0.15, 0.2) is 102 Å². The summed E-state index contributed by atoms with van der Waals surface area (Å²) in [6.07, 6.45) is 1.80. The molecule has 0 N–H and O–H groups in total. The molecule has 1 aromatic heterocycles. The van der Waals surface area contributed by atoms with Crippen LogP contribution >= 0.6 is 11.3 Å². The van der Waals surface area contributed by atoms with Crippen molar-refractivity contribution in [1.82, 2.24) is 4.57 Å². The number of hydrogen-bond donors (Lipinski definition) is 0. The van der Waals surface area contributed by atoms with E-state index in [1.807, 2.05) is 28.1 Å². The molecule has 6 heteroatoms. The molecule has 0 fully saturated rings. The lowest BCUT2D eigenvalue weighted by atomic mass is 10.0. The summed E-state index contributed by atoms with van der Waals surface area (Å²) in [5.74, 6) is 0. The summed E-state index contributed by atoms with van der Waals surface area (Å²) in [6.45, 7) is 4.41. The average molecular weight is 414 g/mol. The molecule has 3 aromatic carbocycles. The monoisotopic (exact) mass is 413 g/mol. The van der Waals surface area contributed by atoms with E-state index >= 15 is 0 Å². The van der Waals surface area contributed by atoms with Gasteiger partial charge in [0.05, 0.1) is 10.6 Å². The summed E-state index contributed by atoms with van der Waals surface area (Å²) in [6, 6.07) is 25.1. The Hall–Kier alpha value is -3.77. The third-order valence-electron chi connectivity index (χ3n) is 4.69. The number of hydrogen-bond acceptors (Lipinski definition) is 4. The maximum atomic E-state index is 11.3. The first-order valence-corrected chi connectivity index (χ1v) is 10.3. The summed E-state index contributed by atoms with van der Waals surface area (Å²) in [5, 5.41) is 13.3. The fourth-order valence-corrected chi connectivity index (χ4v) is 4.17. The van der Waals surface area contributed by atoms with Crippen LogP contribution in [0.3, 0.4) is 0 Å². The Labute approximate surface area is 178 Å². The minimum absolute atomic E-state index is 0.00943. The van der Waals surface area contributed by atoms with Crippen molar-refractivity contribution in [1.29, 1.82) is 0 Å². The molecule has 0 saturated heterocycles. The molecule has 0 amide bonds. The second-order valence-corrected chi connectivity index (χ2v) is 7.44. The van der Waals surface area contributed by atoms with Gasteiger partial charge in [-0.15, -0.1) is 17.9 Å². The highest BCUT2D eigenvalue weighted by atomic mass is 32.1. The molecule has 148 valence electrons. The molecule has 0 aliphatic heterocycles. The Balaban J connectivity index is 1.77. The summed E-state index contributed by atoms with van der Waals surface area (Å²) >= 11 is 1.45. The van der Waals surface area contributed by atoms with Crippen molar-refractivity contribution >= 4 is 22.7 Å². The topological polar surface area (TPSA) is 60.4 Å². The number of rotatable bonds is 6. The lowest BCUT2D eigenvalue weighted by Gasteiger charge is -2.08. The Morgan fingerprint density at radius 1 is 0.933 bits per heavy atom. The van der Waals surface area contributed by atoms with Crippen molar-refractivity contribution in [2.24, 2.45) is 4.99 Å². The standard InChI is InChI=1S/C24H19N3O2S/c1-2-16-26-23(20-14-12-19(13-15-20)18-8-4-3-5-9-18)17-30-24(26)25-21-10-6-7-11-22(21)27(28)29/h2-15,17H,1,16H2. The summed E-state index contributed by atoms with van der Waals surface area (Å²) in [7, 11) is 0. The molecule has 0 unspecified atom stereocenters. The van der Waals surface area contributed by atoms with Crippen LogP contribution in [0.4, 0.5) is 11.4 Å². The Kier molecular flexibility index (Phi) is 5.68. The lowest BCUT2D eigenvalue weighted by molar-refractivity contribution is -0.384. The molecule has 5 nitrogen and oxygen atoms in total. The number of aromatic nitrogens is 1. The molecule has 0 radical (unpaired) electrons. The summed E-state index contributed by atoms with van der Waals surface area (Å²) in [5.41, 5.74) is 4.70. The number of benzene rings is 3. The molecule has 4 rings (SSSR count). The zero-order valence-corrected chi connectivity index (χ0v) is 17.0. The van der Waals surface area contributed by atoms with Crippen LogP contribution in [-0.2, 0) is 6.54 Å². The van der Waals surface area contributed by atoms with Crippen molar-refractivity contribution in [2.45, 2.75) is 6.54 Å². The average Bonchev–Trinajstić information content (AvgIpc) is 3.17. The van der Waals surface area contributed by atoms with Crippen LogP contribution < -0.4 is 4.80 Å². The number of nitro benzene ring substituents is 1. The minimum atomic E-state index is -0.409. The van der Waals surface area contributed by atoms with Gasteiger partial charge in [0.1, 0.15) is 5.69 Å². The molecule has 0 spiro atoms. The van der Waals surface area contributed by atoms with E-state index in [4.69, 9.17) is 0 Å². The fraction of sp³-hybridized carbons (Fsp3) is 0.0417. The van der Waals surface area contributed by atoms with Crippen LogP contribution in [0.2, 0.25) is 0 Å². The molecule has 0 saturated carbocycles. The molecular formula is C24H19N3O2S. The predicted molar refractivity (Wildman–Crippen MR) is 122 cm³/mol. The van der Waals surface area contributed by atoms with Gasteiger partial charge in [0.15, 0.2) is 4.80 Å². The van der Waals surface area contributed by atoms with E-state index in [0.717, 1.165) is 16.8 Å². The van der Waals surface area contributed by atoms with Crippen molar-refractivity contribution < 1.29 is 4.92 Å². The number of para-hydroxylation sites is 2. The number of nitro groups is 1. The van der Waals surface area contributed by atoms with E-state index in [0.29, 0.717) is 17.0 Å². The summed E-state index contributed by atoms with van der Waals surface area (Å²) < 4.78 is 2.02. The maximum absolute atomic E-state index is 11.3. The molecule has 0 bridgehead atoms. The zero-order valence-electron chi connectivity index (χ0n) is 16.1. The van der Waals surface area contributed by atoms with Crippen molar-refractivity contribution in [3.05, 3.63) is 112 Å². The van der Waals surface area contributed by atoms with Crippen LogP contribution in [0.25, 0.3) is 22.4 Å². The van der Waals surface area contributed by atoms with Gasteiger partial charge < -0.3 is 4.57 Å². The van der Waals surface area contributed by atoms with Gasteiger partial charge >= 0.3 is 0 Å². The smallest absolute Gasteiger partial charge is 0.294 e. The molecule has 1 heterocycles. The van der Waals surface area contributed by atoms with Gasteiger partial charge in [-0.1, -0.05) is 72.8 Å². The highest BCUT2D eigenvalue weighted by Crippen LogP contribution is 2.28. The largest absolute Gasteiger partial charge is 0.313 e. The predicted octanol–water partition coefficient (Wildman–Crippen LogP) is 6.21. The molecular weight excluding hydrogens is 394 g/mol. The van der Waals surface area contributed by atoms with Crippen LogP contribution in [0.5, 0.6) is 0 Å². The first kappa shape index (κ1) is 19.5. The Morgan fingerprint density at radius 2 is 1.57 bits per heavy atom. The summed E-state index contributed by atoms with van der Waals surface area (Å²) in [4.78, 5) is 16.2. The quantitative estimate of drug-likeness (QED) is 0.214. The molecule has 0 aliphatic carbocycles. The van der Waals surface area contributed by atoms with E-state index in [9.17, 15) is 10.1 Å². The first-order chi connectivity index (χ1) is 14.7. The lowest BCUT2D eigenvalue weighted by Crippen LogP contribution is -2.14. The maximum Gasteiger partial charge on any atom is 0.294 e. The van der Waals surface area contributed by atoms with Crippen LogP contribution in [0, 0.1) is 10.1 Å². The molecule has 30 heavy (non-hydrogen) atoms. The number of nitrogens with zero attached hydrogens (tertiary/aromatic N) is 3. The molecule has 4 aromatic rings. The van der Waals surface area contributed by atoms with Crippen molar-refractivity contribution in [2.75, 3.05) is 0 Å². The molecule has 0 aliphatic rings. The number of allylic oxidation sites excluding steroid dienone is 1. The van der Waals surface area contributed by atoms with E-state index in [2.05, 4.69) is 48.0 Å². The normalized spacial score (nSPS) is 11.4. The highest BCUT2D eigenvalue weighted by Gasteiger charge is 2.13. The van der Waals surface area contributed by atoms with Gasteiger partial charge in [-0.2, -0.15) is 0 Å². The van der Waals surface area contributed by atoms with Gasteiger partial charge in [0.25, 0.3) is 5.69 Å². The van der Waals surface area contributed by atoms with Crippen LogP contribution in [-0.4, -0.2) is 9.49 Å². The third-order valence-corrected chi connectivity index (χ3v) is 5.56. The van der Waals surface area contributed by atoms with Gasteiger partial charge in [-0.3, -0.25) is 10.1 Å². The van der Waals surface area contributed by atoms with Gasteiger partial charge in [0, 0.05) is 18.0 Å². The second kappa shape index (κ2) is 8.71. The van der Waals surface area contributed by atoms with Gasteiger partial charge in [0.2, 0.25) is 0 Å². The first-order valence-electron chi connectivity index (χ1n) is 9.40. The van der Waals surface area contributed by atoms with Crippen molar-refractivity contribution in [3.8, 4) is 22.4 Å². The Morgan fingerprint density at radius 3 is 2.27 bits per heavy atom. The Bertz CT molecular complexity index is 1260. The SMILES string of the molecule is C=CCn1c(-c2ccc(-c3ccccc3)cc2)csc1=Nc1ccccc1[N+](=O)[O-]. The van der Waals surface area contributed by atoms with Crippen LogP contribution in [0.1, 0.15) is 0 Å². The number of thiazole rings is 1. The van der Waals surface area contributed by atoms with E-state index < -0.39 is 4.92 Å². The third kappa shape index (κ3) is 3.99. The van der Waals surface area contributed by atoms with Gasteiger partial charge in [-0.25, -0.2) is 4.99 Å². The molecule has 0 atom stereocenters.